The number of amides is 2. The van der Waals surface area contributed by atoms with Crippen molar-refractivity contribution in [2.75, 3.05) is 26.1 Å². The molecule has 4 aromatic carbocycles. The number of hydrogen-bond donors (Lipinski definition) is 2. The van der Waals surface area contributed by atoms with Crippen molar-refractivity contribution in [1.82, 2.24) is 5.32 Å². The lowest BCUT2D eigenvalue weighted by Crippen LogP contribution is -2.28. The molecule has 0 aliphatic heterocycles. The SMILES string of the molecule is COc1ccc(CNC(=O)COc2cc3ccccc3cc2C(=O)Nc2ccccc2C)cc1OC. The molecule has 4 rings (SSSR count). The summed E-state index contributed by atoms with van der Waals surface area (Å²) in [6, 6.07) is 24.2. The molecule has 0 saturated carbocycles. The summed E-state index contributed by atoms with van der Waals surface area (Å²) in [6.07, 6.45) is 0. The average Bonchev–Trinajstić information content (AvgIpc) is 2.91. The Bertz CT molecular complexity index is 1400. The largest absolute Gasteiger partial charge is 0.493 e. The zero-order chi connectivity index (χ0) is 25.5. The highest BCUT2D eigenvalue weighted by molar-refractivity contribution is 6.09. The van der Waals surface area contributed by atoms with Crippen LogP contribution in [0.2, 0.25) is 0 Å². The van der Waals surface area contributed by atoms with Crippen LogP contribution in [0.25, 0.3) is 10.8 Å². The molecular weight excluding hydrogens is 456 g/mol. The van der Waals surface area contributed by atoms with E-state index in [0.717, 1.165) is 21.9 Å². The van der Waals surface area contributed by atoms with E-state index in [1.807, 2.05) is 61.5 Å². The standard InChI is InChI=1S/C29H28N2O5/c1-19-8-4-7-11-24(19)31-29(33)23-15-21-9-5-6-10-22(21)16-26(23)36-18-28(32)30-17-20-12-13-25(34-2)27(14-20)35-3/h4-16H,17-18H2,1-3H3,(H,30,32)(H,31,33). The van der Waals surface area contributed by atoms with Crippen LogP contribution in [-0.4, -0.2) is 32.6 Å². The van der Waals surface area contributed by atoms with Gasteiger partial charge in [-0.3, -0.25) is 9.59 Å². The summed E-state index contributed by atoms with van der Waals surface area (Å²) >= 11 is 0. The van der Waals surface area contributed by atoms with Gasteiger partial charge in [-0.25, -0.2) is 0 Å². The van der Waals surface area contributed by atoms with E-state index in [4.69, 9.17) is 14.2 Å². The number of carbonyl (C=O) groups excluding carboxylic acids is 2. The van der Waals surface area contributed by atoms with Gasteiger partial charge in [0.15, 0.2) is 18.1 Å². The van der Waals surface area contributed by atoms with Crippen molar-refractivity contribution < 1.29 is 23.8 Å². The Labute approximate surface area is 210 Å². The van der Waals surface area contributed by atoms with Crippen LogP contribution in [0.15, 0.2) is 78.9 Å². The minimum atomic E-state index is -0.316. The zero-order valence-corrected chi connectivity index (χ0v) is 20.5. The number of ether oxygens (including phenoxy) is 3. The fourth-order valence-corrected chi connectivity index (χ4v) is 3.80. The molecule has 0 aromatic heterocycles. The lowest BCUT2D eigenvalue weighted by molar-refractivity contribution is -0.123. The summed E-state index contributed by atoms with van der Waals surface area (Å²) in [5.41, 5.74) is 2.87. The first kappa shape index (κ1) is 24.6. The first-order chi connectivity index (χ1) is 17.5. The minimum Gasteiger partial charge on any atom is -0.493 e. The molecule has 4 aromatic rings. The quantitative estimate of drug-likeness (QED) is 0.345. The molecule has 7 heteroatoms. The van der Waals surface area contributed by atoms with Gasteiger partial charge in [0.1, 0.15) is 5.75 Å². The molecule has 7 nitrogen and oxygen atoms in total. The normalized spacial score (nSPS) is 10.5. The number of fused-ring (bicyclic) bond motifs is 1. The number of benzene rings is 4. The van der Waals surface area contributed by atoms with Gasteiger partial charge in [0.2, 0.25) is 0 Å². The maximum absolute atomic E-state index is 13.2. The van der Waals surface area contributed by atoms with E-state index in [1.165, 1.54) is 0 Å². The molecule has 0 fully saturated rings. The molecular formula is C29H28N2O5. The van der Waals surface area contributed by atoms with Crippen LogP contribution < -0.4 is 24.8 Å². The molecule has 0 unspecified atom stereocenters. The van der Waals surface area contributed by atoms with Gasteiger partial charge in [-0.15, -0.1) is 0 Å². The Hall–Kier alpha value is -4.52. The van der Waals surface area contributed by atoms with Crippen molar-refractivity contribution in [2.45, 2.75) is 13.5 Å². The lowest BCUT2D eigenvalue weighted by Gasteiger charge is -2.14. The Balaban J connectivity index is 1.48. The molecule has 0 saturated heterocycles. The third-order valence-corrected chi connectivity index (χ3v) is 5.78. The van der Waals surface area contributed by atoms with Crippen LogP contribution in [-0.2, 0) is 11.3 Å². The van der Waals surface area contributed by atoms with E-state index in [1.54, 1.807) is 38.5 Å². The van der Waals surface area contributed by atoms with Crippen molar-refractivity contribution >= 4 is 28.3 Å². The topological polar surface area (TPSA) is 85.9 Å². The first-order valence-corrected chi connectivity index (χ1v) is 11.5. The van der Waals surface area contributed by atoms with Gasteiger partial charge < -0.3 is 24.8 Å². The van der Waals surface area contributed by atoms with Gasteiger partial charge >= 0.3 is 0 Å². The van der Waals surface area contributed by atoms with Crippen molar-refractivity contribution in [3.63, 3.8) is 0 Å². The zero-order valence-electron chi connectivity index (χ0n) is 20.5. The smallest absolute Gasteiger partial charge is 0.259 e. The minimum absolute atomic E-state index is 0.240. The number of methoxy groups -OCH3 is 2. The number of nitrogens with one attached hydrogen (secondary N) is 2. The van der Waals surface area contributed by atoms with Gasteiger partial charge in [-0.1, -0.05) is 48.5 Å². The molecule has 2 amide bonds. The summed E-state index contributed by atoms with van der Waals surface area (Å²) in [5.74, 6) is 0.907. The van der Waals surface area contributed by atoms with Gasteiger partial charge in [0.25, 0.3) is 11.8 Å². The van der Waals surface area contributed by atoms with E-state index in [2.05, 4.69) is 10.6 Å². The molecule has 0 atom stereocenters. The van der Waals surface area contributed by atoms with Crippen LogP contribution in [0.1, 0.15) is 21.5 Å². The molecule has 0 aliphatic rings. The first-order valence-electron chi connectivity index (χ1n) is 11.5. The molecule has 0 bridgehead atoms. The number of anilines is 1. The summed E-state index contributed by atoms with van der Waals surface area (Å²) < 4.78 is 16.4. The second-order valence-corrected chi connectivity index (χ2v) is 8.22. The summed E-state index contributed by atoms with van der Waals surface area (Å²) in [7, 11) is 3.13. The van der Waals surface area contributed by atoms with Crippen molar-refractivity contribution in [3.05, 3.63) is 95.6 Å². The van der Waals surface area contributed by atoms with Crippen LogP contribution >= 0.6 is 0 Å². The molecule has 0 radical (unpaired) electrons. The summed E-state index contributed by atoms with van der Waals surface area (Å²) in [5, 5.41) is 7.58. The highest BCUT2D eigenvalue weighted by Crippen LogP contribution is 2.29. The van der Waals surface area contributed by atoms with Crippen LogP contribution in [0, 0.1) is 6.92 Å². The van der Waals surface area contributed by atoms with Gasteiger partial charge in [0, 0.05) is 12.2 Å². The number of para-hydroxylation sites is 1. The molecule has 0 spiro atoms. The predicted molar refractivity (Wildman–Crippen MR) is 140 cm³/mol. The number of rotatable bonds is 9. The predicted octanol–water partition coefficient (Wildman–Crippen LogP) is 5.11. The molecule has 2 N–H and O–H groups in total. The van der Waals surface area contributed by atoms with Crippen molar-refractivity contribution in [1.29, 1.82) is 0 Å². The van der Waals surface area contributed by atoms with Crippen molar-refractivity contribution in [2.24, 2.45) is 0 Å². The van der Waals surface area contributed by atoms with E-state index in [-0.39, 0.29) is 18.4 Å². The van der Waals surface area contributed by atoms with Gasteiger partial charge in [0.05, 0.1) is 19.8 Å². The molecule has 36 heavy (non-hydrogen) atoms. The number of carbonyl (C=O) groups is 2. The lowest BCUT2D eigenvalue weighted by atomic mass is 10.0. The summed E-state index contributed by atoms with van der Waals surface area (Å²) in [6.45, 7) is 1.98. The number of aryl methyl sites for hydroxylation is 1. The van der Waals surface area contributed by atoms with Crippen molar-refractivity contribution in [3.8, 4) is 17.2 Å². The van der Waals surface area contributed by atoms with Crippen LogP contribution in [0.4, 0.5) is 5.69 Å². The molecule has 184 valence electrons. The van der Waals surface area contributed by atoms with Gasteiger partial charge in [-0.2, -0.15) is 0 Å². The van der Waals surface area contributed by atoms with E-state index >= 15 is 0 Å². The highest BCUT2D eigenvalue weighted by Gasteiger charge is 2.17. The van der Waals surface area contributed by atoms with Gasteiger partial charge in [-0.05, 0) is 59.2 Å². The maximum Gasteiger partial charge on any atom is 0.259 e. The third-order valence-electron chi connectivity index (χ3n) is 5.78. The monoisotopic (exact) mass is 484 g/mol. The fraction of sp³-hybridized carbons (Fsp3) is 0.172. The van der Waals surface area contributed by atoms with E-state index in [0.29, 0.717) is 35.0 Å². The van der Waals surface area contributed by atoms with Crippen LogP contribution in [0.5, 0.6) is 17.2 Å². The second kappa shape index (κ2) is 11.3. The van der Waals surface area contributed by atoms with E-state index in [9.17, 15) is 9.59 Å². The van der Waals surface area contributed by atoms with Crippen LogP contribution in [0.3, 0.4) is 0 Å². The maximum atomic E-state index is 13.2. The second-order valence-electron chi connectivity index (χ2n) is 8.22. The van der Waals surface area contributed by atoms with E-state index < -0.39 is 0 Å². The fourth-order valence-electron chi connectivity index (χ4n) is 3.80. The molecule has 0 heterocycles. The Morgan fingerprint density at radius 1 is 0.778 bits per heavy atom. The molecule has 0 aliphatic carbocycles. The third kappa shape index (κ3) is 5.75. The summed E-state index contributed by atoms with van der Waals surface area (Å²) in [4.78, 5) is 25.7. The Morgan fingerprint density at radius 3 is 2.19 bits per heavy atom. The number of hydrogen-bond acceptors (Lipinski definition) is 5. The Kier molecular flexibility index (Phi) is 7.70. The Morgan fingerprint density at radius 2 is 1.47 bits per heavy atom. The highest BCUT2D eigenvalue weighted by atomic mass is 16.5. The average molecular weight is 485 g/mol.